The van der Waals surface area contributed by atoms with E-state index in [1.807, 2.05) is 46.5 Å². The van der Waals surface area contributed by atoms with E-state index in [-0.39, 0.29) is 17.9 Å². The summed E-state index contributed by atoms with van der Waals surface area (Å²) in [6.45, 7) is 3.76. The van der Waals surface area contributed by atoms with Crippen LogP contribution in [-0.2, 0) is 25.9 Å². The average molecular weight is 671 g/mol. The van der Waals surface area contributed by atoms with Crippen molar-refractivity contribution in [3.05, 3.63) is 106 Å². The SMILES string of the molecule is COc1cc2c(cc1OCCCOc1cc3c(cc1OC)C(=O)N1Cc4ccccc4CC1(C)C=N3)N=CC1Cc3ccccc3CN1C2=O. The van der Waals surface area contributed by atoms with Crippen LogP contribution in [0.1, 0.15) is 56.3 Å². The number of amides is 2. The van der Waals surface area contributed by atoms with Gasteiger partial charge in [-0.1, -0.05) is 48.5 Å². The molecule has 0 bridgehead atoms. The van der Waals surface area contributed by atoms with Gasteiger partial charge in [-0.2, -0.15) is 0 Å². The van der Waals surface area contributed by atoms with Crippen molar-refractivity contribution in [1.82, 2.24) is 9.80 Å². The van der Waals surface area contributed by atoms with Crippen molar-refractivity contribution in [1.29, 1.82) is 0 Å². The van der Waals surface area contributed by atoms with E-state index >= 15 is 0 Å². The lowest BCUT2D eigenvalue weighted by Gasteiger charge is -2.42. The summed E-state index contributed by atoms with van der Waals surface area (Å²) in [6.07, 6.45) is 5.71. The predicted molar refractivity (Wildman–Crippen MR) is 190 cm³/mol. The molecule has 4 aliphatic heterocycles. The number of aliphatic imine (C=N–C) groups is 2. The van der Waals surface area contributed by atoms with Crippen molar-refractivity contribution >= 4 is 35.6 Å². The Kier molecular flexibility index (Phi) is 8.01. The second-order valence-corrected chi connectivity index (χ2v) is 13.3. The Morgan fingerprint density at radius 2 is 1.30 bits per heavy atom. The molecule has 0 fully saturated rings. The first kappa shape index (κ1) is 31.6. The van der Waals surface area contributed by atoms with Gasteiger partial charge >= 0.3 is 0 Å². The van der Waals surface area contributed by atoms with Gasteiger partial charge in [-0.25, -0.2) is 0 Å². The minimum atomic E-state index is -0.548. The highest BCUT2D eigenvalue weighted by Gasteiger charge is 2.41. The summed E-state index contributed by atoms with van der Waals surface area (Å²) in [6, 6.07) is 23.3. The van der Waals surface area contributed by atoms with Gasteiger partial charge in [-0.05, 0) is 47.7 Å². The van der Waals surface area contributed by atoms with E-state index in [9.17, 15) is 9.59 Å². The van der Waals surface area contributed by atoms with Crippen LogP contribution in [0.25, 0.3) is 0 Å². The van der Waals surface area contributed by atoms with Crippen LogP contribution >= 0.6 is 0 Å². The number of rotatable bonds is 8. The fourth-order valence-corrected chi connectivity index (χ4v) is 7.34. The Balaban J connectivity index is 0.943. The smallest absolute Gasteiger partial charge is 0.257 e. The summed E-state index contributed by atoms with van der Waals surface area (Å²) in [5.41, 5.74) is 6.30. The molecule has 0 radical (unpaired) electrons. The lowest BCUT2D eigenvalue weighted by Crippen LogP contribution is -2.54. The summed E-state index contributed by atoms with van der Waals surface area (Å²) in [4.78, 5) is 40.8. The first-order valence-corrected chi connectivity index (χ1v) is 16.9. The number of methoxy groups -OCH3 is 2. The fraction of sp³-hybridized carbons (Fsp3) is 0.300. The van der Waals surface area contributed by atoms with Crippen molar-refractivity contribution in [3.63, 3.8) is 0 Å². The molecule has 4 aromatic carbocycles. The zero-order valence-electron chi connectivity index (χ0n) is 28.3. The van der Waals surface area contributed by atoms with Crippen molar-refractivity contribution in [2.75, 3.05) is 27.4 Å². The average Bonchev–Trinajstić information content (AvgIpc) is 3.33. The van der Waals surface area contributed by atoms with Gasteiger partial charge in [-0.15, -0.1) is 0 Å². The zero-order chi connectivity index (χ0) is 34.4. The lowest BCUT2D eigenvalue weighted by atomic mass is 9.84. The molecule has 4 heterocycles. The molecule has 4 aromatic rings. The van der Waals surface area contributed by atoms with E-state index in [0.29, 0.717) is 84.6 Å². The summed E-state index contributed by atoms with van der Waals surface area (Å²) in [7, 11) is 3.12. The Labute approximate surface area is 291 Å². The summed E-state index contributed by atoms with van der Waals surface area (Å²) < 4.78 is 23.6. The molecule has 0 N–H and O–H groups in total. The Morgan fingerprint density at radius 1 is 0.720 bits per heavy atom. The van der Waals surface area contributed by atoms with Gasteiger partial charge in [0.05, 0.1) is 61.5 Å². The van der Waals surface area contributed by atoms with Gasteiger partial charge in [-0.3, -0.25) is 19.6 Å². The topological polar surface area (TPSA) is 102 Å². The number of carbonyl (C=O) groups is 2. The maximum Gasteiger partial charge on any atom is 0.257 e. The number of hydrogen-bond acceptors (Lipinski definition) is 8. The quantitative estimate of drug-likeness (QED) is 0.198. The third-order valence-electron chi connectivity index (χ3n) is 10.1. The Hall–Kier alpha value is -5.64. The van der Waals surface area contributed by atoms with Crippen molar-refractivity contribution in [2.24, 2.45) is 9.98 Å². The van der Waals surface area contributed by atoms with E-state index in [1.54, 1.807) is 38.5 Å². The first-order valence-electron chi connectivity index (χ1n) is 16.9. The molecule has 8 rings (SSSR count). The highest BCUT2D eigenvalue weighted by molar-refractivity contribution is 6.05. The molecule has 50 heavy (non-hydrogen) atoms. The van der Waals surface area contributed by atoms with Gasteiger partial charge in [0.15, 0.2) is 23.0 Å². The highest BCUT2D eigenvalue weighted by atomic mass is 16.5. The van der Waals surface area contributed by atoms with Crippen molar-refractivity contribution < 1.29 is 28.5 Å². The lowest BCUT2D eigenvalue weighted by molar-refractivity contribution is 0.0594. The number of ether oxygens (including phenoxy) is 4. The second kappa shape index (κ2) is 12.7. The van der Waals surface area contributed by atoms with Crippen LogP contribution in [0.15, 0.2) is 82.8 Å². The Morgan fingerprint density at radius 3 is 1.96 bits per heavy atom. The maximum absolute atomic E-state index is 13.9. The summed E-state index contributed by atoms with van der Waals surface area (Å²) in [5.74, 6) is 1.76. The van der Waals surface area contributed by atoms with Crippen LogP contribution < -0.4 is 18.9 Å². The molecule has 254 valence electrons. The van der Waals surface area contributed by atoms with Crippen molar-refractivity contribution in [3.8, 4) is 23.0 Å². The predicted octanol–water partition coefficient (Wildman–Crippen LogP) is 6.51. The highest BCUT2D eigenvalue weighted by Crippen LogP contribution is 2.42. The standard InChI is InChI=1S/C40H38N4O6/c1-40-20-26-10-5-7-12-28(26)23-44(40)39(46)31-17-35(48-3)37(19-33(31)42-24-40)50-14-8-13-49-36-18-32-30(16-34(36)47-2)38(45)43-22-27-11-6-4-9-25(27)15-29(43)21-41-32/h4-7,9-12,16-19,21,24,29H,8,13-15,20,22-23H2,1-3H3. The zero-order valence-corrected chi connectivity index (χ0v) is 28.3. The molecule has 10 heteroatoms. The Bertz CT molecular complexity index is 2080. The molecule has 0 spiro atoms. The number of nitrogens with zero attached hydrogens (tertiary/aromatic N) is 4. The molecule has 2 atom stereocenters. The van der Waals surface area contributed by atoms with Crippen LogP contribution in [0.2, 0.25) is 0 Å². The van der Waals surface area contributed by atoms with Crippen LogP contribution in [0.5, 0.6) is 23.0 Å². The van der Waals surface area contributed by atoms with E-state index in [0.717, 1.165) is 17.5 Å². The molecule has 4 aliphatic rings. The summed E-state index contributed by atoms with van der Waals surface area (Å²) in [5, 5.41) is 0. The maximum atomic E-state index is 13.9. The van der Waals surface area contributed by atoms with Gasteiger partial charge < -0.3 is 28.7 Å². The minimum absolute atomic E-state index is 0.0776. The van der Waals surface area contributed by atoms with Gasteiger partial charge in [0, 0.05) is 50.5 Å². The number of fused-ring (bicyclic) bond motifs is 6. The van der Waals surface area contributed by atoms with Crippen LogP contribution in [0.3, 0.4) is 0 Å². The first-order chi connectivity index (χ1) is 24.3. The van der Waals surface area contributed by atoms with Gasteiger partial charge in [0.1, 0.15) is 0 Å². The third kappa shape index (κ3) is 5.54. The van der Waals surface area contributed by atoms with E-state index in [1.165, 1.54) is 11.1 Å². The van der Waals surface area contributed by atoms with Crippen LogP contribution in [-0.4, -0.2) is 73.1 Å². The normalized spacial score (nSPS) is 19.9. The molecule has 2 unspecified atom stereocenters. The number of benzene rings is 4. The van der Waals surface area contributed by atoms with Crippen LogP contribution in [0, 0.1) is 0 Å². The molecule has 0 saturated heterocycles. The van der Waals surface area contributed by atoms with E-state index in [2.05, 4.69) is 31.2 Å². The molecule has 0 saturated carbocycles. The fourth-order valence-electron chi connectivity index (χ4n) is 7.34. The van der Waals surface area contributed by atoms with Crippen molar-refractivity contribution in [2.45, 2.75) is 50.9 Å². The number of hydrogen-bond donors (Lipinski definition) is 0. The summed E-state index contributed by atoms with van der Waals surface area (Å²) >= 11 is 0. The van der Waals surface area contributed by atoms with Crippen LogP contribution in [0.4, 0.5) is 11.4 Å². The van der Waals surface area contributed by atoms with Gasteiger partial charge in [0.2, 0.25) is 0 Å². The molecule has 0 aliphatic carbocycles. The molecule has 2 amide bonds. The molecule has 0 aromatic heterocycles. The van der Waals surface area contributed by atoms with Gasteiger partial charge in [0.25, 0.3) is 11.8 Å². The largest absolute Gasteiger partial charge is 0.493 e. The molecular weight excluding hydrogens is 632 g/mol. The van der Waals surface area contributed by atoms with E-state index in [4.69, 9.17) is 28.9 Å². The minimum Gasteiger partial charge on any atom is -0.493 e. The van der Waals surface area contributed by atoms with E-state index < -0.39 is 5.54 Å². The molecule has 10 nitrogen and oxygen atoms in total. The second-order valence-electron chi connectivity index (χ2n) is 13.3. The molecular formula is C40H38N4O6. The third-order valence-corrected chi connectivity index (χ3v) is 10.1. The number of carbonyl (C=O) groups excluding carboxylic acids is 2. The monoisotopic (exact) mass is 670 g/mol.